The third-order valence-electron chi connectivity index (χ3n) is 4.99. The van der Waals surface area contributed by atoms with Crippen LogP contribution in [0.15, 0.2) is 16.6 Å². The fourth-order valence-corrected chi connectivity index (χ4v) is 4.20. The number of aryl methyl sites for hydroxylation is 2. The van der Waals surface area contributed by atoms with Crippen LogP contribution in [0.3, 0.4) is 0 Å². The molecule has 3 nitrogen and oxygen atoms in total. The number of halogens is 1. The van der Waals surface area contributed by atoms with Gasteiger partial charge in [0.05, 0.1) is 5.92 Å². The van der Waals surface area contributed by atoms with Crippen molar-refractivity contribution in [2.75, 3.05) is 5.32 Å². The standard InChI is InChI=1S/C16H21BrN2O/c1-8-5-12(6-9(2)14(8)17)19-16(20)13-10-3-4-11(7-10)15(13)18/h5-6,10-11,13,15H,3-4,7,18H2,1-2H3,(H,19,20). The van der Waals surface area contributed by atoms with E-state index < -0.39 is 0 Å². The Morgan fingerprint density at radius 3 is 2.40 bits per heavy atom. The molecule has 0 heterocycles. The van der Waals surface area contributed by atoms with Gasteiger partial charge in [-0.25, -0.2) is 0 Å². The molecule has 3 N–H and O–H groups in total. The van der Waals surface area contributed by atoms with Gasteiger partial charge in [0.1, 0.15) is 0 Å². The van der Waals surface area contributed by atoms with Gasteiger partial charge in [-0.2, -0.15) is 0 Å². The molecule has 0 spiro atoms. The van der Waals surface area contributed by atoms with Crippen molar-refractivity contribution in [1.29, 1.82) is 0 Å². The van der Waals surface area contributed by atoms with E-state index in [1.165, 1.54) is 6.42 Å². The van der Waals surface area contributed by atoms with Crippen molar-refractivity contribution < 1.29 is 4.79 Å². The van der Waals surface area contributed by atoms with E-state index in [-0.39, 0.29) is 17.9 Å². The zero-order valence-electron chi connectivity index (χ0n) is 11.9. The van der Waals surface area contributed by atoms with Crippen molar-refractivity contribution in [3.63, 3.8) is 0 Å². The highest BCUT2D eigenvalue weighted by Crippen LogP contribution is 2.47. The lowest BCUT2D eigenvalue weighted by Crippen LogP contribution is -2.42. The van der Waals surface area contributed by atoms with E-state index in [0.29, 0.717) is 11.8 Å². The Hall–Kier alpha value is -0.870. The summed E-state index contributed by atoms with van der Waals surface area (Å²) in [5.74, 6) is 1.15. The summed E-state index contributed by atoms with van der Waals surface area (Å²) in [6.45, 7) is 4.08. The van der Waals surface area contributed by atoms with Crippen molar-refractivity contribution in [2.45, 2.75) is 39.2 Å². The van der Waals surface area contributed by atoms with Crippen molar-refractivity contribution in [1.82, 2.24) is 0 Å². The molecule has 2 bridgehead atoms. The summed E-state index contributed by atoms with van der Waals surface area (Å²) >= 11 is 3.55. The Morgan fingerprint density at radius 1 is 1.25 bits per heavy atom. The number of nitrogens with two attached hydrogens (primary N) is 1. The SMILES string of the molecule is Cc1cc(NC(=O)C2C3CCC(C3)C2N)cc(C)c1Br. The van der Waals surface area contributed by atoms with Crippen LogP contribution in [0, 0.1) is 31.6 Å². The fraction of sp³-hybridized carbons (Fsp3) is 0.562. The first-order chi connectivity index (χ1) is 9.47. The zero-order chi connectivity index (χ0) is 14.4. The quantitative estimate of drug-likeness (QED) is 0.869. The van der Waals surface area contributed by atoms with Crippen LogP contribution < -0.4 is 11.1 Å². The van der Waals surface area contributed by atoms with Gasteiger partial charge < -0.3 is 11.1 Å². The Labute approximate surface area is 128 Å². The van der Waals surface area contributed by atoms with E-state index in [1.807, 2.05) is 26.0 Å². The summed E-state index contributed by atoms with van der Waals surface area (Å²) in [6, 6.07) is 4.06. The van der Waals surface area contributed by atoms with Gasteiger partial charge in [0.25, 0.3) is 0 Å². The van der Waals surface area contributed by atoms with Crippen molar-refractivity contribution in [3.8, 4) is 0 Å². The summed E-state index contributed by atoms with van der Waals surface area (Å²) in [7, 11) is 0. The van der Waals surface area contributed by atoms with Crippen molar-refractivity contribution in [3.05, 3.63) is 27.7 Å². The van der Waals surface area contributed by atoms with E-state index in [1.54, 1.807) is 0 Å². The van der Waals surface area contributed by atoms with Crippen LogP contribution in [0.25, 0.3) is 0 Å². The highest BCUT2D eigenvalue weighted by molar-refractivity contribution is 9.10. The predicted octanol–water partition coefficient (Wildman–Crippen LogP) is 3.38. The highest BCUT2D eigenvalue weighted by atomic mass is 79.9. The second-order valence-electron chi connectivity index (χ2n) is 6.35. The summed E-state index contributed by atoms with van der Waals surface area (Å²) in [6.07, 6.45) is 3.50. The lowest BCUT2D eigenvalue weighted by Gasteiger charge is -2.27. The lowest BCUT2D eigenvalue weighted by atomic mass is 9.84. The van der Waals surface area contributed by atoms with Crippen LogP contribution in [-0.4, -0.2) is 11.9 Å². The number of nitrogens with one attached hydrogen (secondary N) is 1. The zero-order valence-corrected chi connectivity index (χ0v) is 13.5. The number of fused-ring (bicyclic) bond motifs is 2. The second-order valence-corrected chi connectivity index (χ2v) is 7.14. The molecule has 2 aliphatic rings. The summed E-state index contributed by atoms with van der Waals surface area (Å²) in [5.41, 5.74) is 9.39. The summed E-state index contributed by atoms with van der Waals surface area (Å²) in [5, 5.41) is 3.07. The molecule has 20 heavy (non-hydrogen) atoms. The molecule has 4 heteroatoms. The van der Waals surface area contributed by atoms with Crippen LogP contribution in [-0.2, 0) is 4.79 Å². The Kier molecular flexibility index (Phi) is 3.63. The van der Waals surface area contributed by atoms with Gasteiger partial charge in [0.2, 0.25) is 5.91 Å². The van der Waals surface area contributed by atoms with E-state index >= 15 is 0 Å². The molecular weight excluding hydrogens is 316 g/mol. The molecule has 3 rings (SSSR count). The summed E-state index contributed by atoms with van der Waals surface area (Å²) in [4.78, 5) is 12.5. The molecule has 1 aromatic rings. The van der Waals surface area contributed by atoms with Crippen LogP contribution in [0.2, 0.25) is 0 Å². The second kappa shape index (κ2) is 5.15. The maximum Gasteiger partial charge on any atom is 0.229 e. The molecule has 2 saturated carbocycles. The summed E-state index contributed by atoms with van der Waals surface area (Å²) < 4.78 is 1.10. The normalized spacial score (nSPS) is 31.6. The molecule has 0 aromatic heterocycles. The minimum atomic E-state index is -0.00184. The van der Waals surface area contributed by atoms with Gasteiger partial charge in [-0.1, -0.05) is 15.9 Å². The smallest absolute Gasteiger partial charge is 0.229 e. The van der Waals surface area contributed by atoms with E-state index in [0.717, 1.165) is 34.1 Å². The number of carbonyl (C=O) groups is 1. The first-order valence-corrected chi connectivity index (χ1v) is 8.10. The lowest BCUT2D eigenvalue weighted by molar-refractivity contribution is -0.121. The predicted molar refractivity (Wildman–Crippen MR) is 84.5 cm³/mol. The monoisotopic (exact) mass is 336 g/mol. The van der Waals surface area contributed by atoms with E-state index in [2.05, 4.69) is 21.2 Å². The average molecular weight is 337 g/mol. The first kappa shape index (κ1) is 14.1. The molecule has 4 unspecified atom stereocenters. The third kappa shape index (κ3) is 2.29. The average Bonchev–Trinajstić information content (AvgIpc) is 2.96. The Balaban J connectivity index is 1.77. The van der Waals surface area contributed by atoms with Gasteiger partial charge in [0, 0.05) is 16.2 Å². The molecule has 0 aliphatic heterocycles. The minimum absolute atomic E-state index is 0.00184. The molecule has 108 valence electrons. The maximum absolute atomic E-state index is 12.5. The van der Waals surface area contributed by atoms with Gasteiger partial charge in [0.15, 0.2) is 0 Å². The molecule has 1 aromatic carbocycles. The van der Waals surface area contributed by atoms with Gasteiger partial charge in [-0.3, -0.25) is 4.79 Å². The van der Waals surface area contributed by atoms with E-state index in [9.17, 15) is 4.79 Å². The molecule has 2 fully saturated rings. The number of anilines is 1. The maximum atomic E-state index is 12.5. The molecule has 0 saturated heterocycles. The van der Waals surface area contributed by atoms with Crippen molar-refractivity contribution in [2.24, 2.45) is 23.5 Å². The molecule has 2 aliphatic carbocycles. The third-order valence-corrected chi connectivity index (χ3v) is 6.24. The Bertz CT molecular complexity index is 532. The largest absolute Gasteiger partial charge is 0.327 e. The first-order valence-electron chi connectivity index (χ1n) is 7.30. The number of hydrogen-bond acceptors (Lipinski definition) is 2. The molecular formula is C16H21BrN2O. The number of carbonyl (C=O) groups excluding carboxylic acids is 1. The van der Waals surface area contributed by atoms with Crippen LogP contribution >= 0.6 is 15.9 Å². The van der Waals surface area contributed by atoms with Crippen LogP contribution in [0.4, 0.5) is 5.69 Å². The van der Waals surface area contributed by atoms with Gasteiger partial charge in [-0.15, -0.1) is 0 Å². The van der Waals surface area contributed by atoms with E-state index in [4.69, 9.17) is 5.73 Å². The minimum Gasteiger partial charge on any atom is -0.327 e. The van der Waals surface area contributed by atoms with Crippen molar-refractivity contribution >= 4 is 27.5 Å². The number of hydrogen-bond donors (Lipinski definition) is 2. The molecule has 0 radical (unpaired) electrons. The number of rotatable bonds is 2. The molecule has 4 atom stereocenters. The van der Waals surface area contributed by atoms with Gasteiger partial charge >= 0.3 is 0 Å². The van der Waals surface area contributed by atoms with Crippen LogP contribution in [0.1, 0.15) is 30.4 Å². The van der Waals surface area contributed by atoms with Crippen LogP contribution in [0.5, 0.6) is 0 Å². The molecule has 1 amide bonds. The number of amides is 1. The topological polar surface area (TPSA) is 55.1 Å². The highest BCUT2D eigenvalue weighted by Gasteiger charge is 2.49. The Morgan fingerprint density at radius 2 is 1.85 bits per heavy atom. The van der Waals surface area contributed by atoms with Gasteiger partial charge in [-0.05, 0) is 68.2 Å². The fourth-order valence-electron chi connectivity index (χ4n) is 3.97. The number of benzene rings is 1.